The lowest BCUT2D eigenvalue weighted by Crippen LogP contribution is -2.15. The van der Waals surface area contributed by atoms with Gasteiger partial charge in [0, 0.05) is 23.5 Å². The number of thiocarbonyl (C=S) groups is 1. The van der Waals surface area contributed by atoms with E-state index in [4.69, 9.17) is 18.0 Å². The number of nitrogens with two attached hydrogens (primary N) is 1. The second kappa shape index (κ2) is 5.98. The van der Waals surface area contributed by atoms with Crippen LogP contribution >= 0.6 is 24.0 Å². The molecule has 15 heavy (non-hydrogen) atoms. The van der Waals surface area contributed by atoms with Crippen LogP contribution in [-0.2, 0) is 0 Å². The summed E-state index contributed by atoms with van der Waals surface area (Å²) >= 11 is 6.83. The Kier molecular flexibility index (Phi) is 4.91. The molecular weight excluding hydrogens is 224 g/mol. The topological polar surface area (TPSA) is 38.0 Å². The number of thioether (sulfide) groups is 1. The number of nitrogens with one attached hydrogen (secondary N) is 1. The Labute approximate surface area is 101 Å². The highest BCUT2D eigenvalue weighted by atomic mass is 32.2. The van der Waals surface area contributed by atoms with Gasteiger partial charge in [0.05, 0.1) is 0 Å². The zero-order valence-corrected chi connectivity index (χ0v) is 10.7. The van der Waals surface area contributed by atoms with Crippen molar-refractivity contribution in [1.29, 1.82) is 0 Å². The van der Waals surface area contributed by atoms with Gasteiger partial charge < -0.3 is 11.1 Å². The average molecular weight is 240 g/mol. The molecule has 1 rings (SSSR count). The van der Waals surface area contributed by atoms with E-state index in [1.165, 1.54) is 5.56 Å². The minimum absolute atomic E-state index is 0.449. The van der Waals surface area contributed by atoms with Gasteiger partial charge in [-0.05, 0) is 24.8 Å². The van der Waals surface area contributed by atoms with E-state index in [0.717, 1.165) is 23.5 Å². The molecule has 0 aliphatic heterocycles. The van der Waals surface area contributed by atoms with Crippen molar-refractivity contribution in [2.75, 3.05) is 23.9 Å². The van der Waals surface area contributed by atoms with Crippen molar-refractivity contribution in [2.45, 2.75) is 6.92 Å². The van der Waals surface area contributed by atoms with E-state index in [-0.39, 0.29) is 0 Å². The lowest BCUT2D eigenvalue weighted by Gasteiger charge is -2.13. The van der Waals surface area contributed by atoms with Crippen LogP contribution in [0.15, 0.2) is 18.2 Å². The quantitative estimate of drug-likeness (QED) is 0.612. The number of anilines is 1. The molecule has 0 heterocycles. The van der Waals surface area contributed by atoms with Gasteiger partial charge in [0.1, 0.15) is 4.99 Å². The van der Waals surface area contributed by atoms with Crippen LogP contribution in [0.5, 0.6) is 0 Å². The number of rotatable bonds is 5. The monoisotopic (exact) mass is 240 g/mol. The van der Waals surface area contributed by atoms with Crippen molar-refractivity contribution < 1.29 is 0 Å². The van der Waals surface area contributed by atoms with Gasteiger partial charge >= 0.3 is 0 Å². The van der Waals surface area contributed by atoms with E-state index in [9.17, 15) is 0 Å². The molecule has 3 N–H and O–H groups in total. The van der Waals surface area contributed by atoms with Gasteiger partial charge in [0.2, 0.25) is 0 Å². The maximum atomic E-state index is 5.67. The predicted octanol–water partition coefficient (Wildman–Crippen LogP) is 2.40. The van der Waals surface area contributed by atoms with Crippen molar-refractivity contribution in [3.05, 3.63) is 29.3 Å². The number of para-hydroxylation sites is 1. The predicted molar refractivity (Wildman–Crippen MR) is 73.9 cm³/mol. The third kappa shape index (κ3) is 3.39. The Morgan fingerprint density at radius 2 is 2.27 bits per heavy atom. The number of hydrogen-bond acceptors (Lipinski definition) is 3. The maximum Gasteiger partial charge on any atom is 0.106 e. The van der Waals surface area contributed by atoms with E-state index >= 15 is 0 Å². The second-order valence-corrected chi connectivity index (χ2v) is 4.71. The summed E-state index contributed by atoms with van der Waals surface area (Å²) in [5, 5.41) is 3.38. The molecule has 0 unspecified atom stereocenters. The molecule has 0 fully saturated rings. The number of aryl methyl sites for hydroxylation is 1. The first-order valence-electron chi connectivity index (χ1n) is 4.79. The first kappa shape index (κ1) is 12.3. The lowest BCUT2D eigenvalue weighted by atomic mass is 10.1. The van der Waals surface area contributed by atoms with Crippen LogP contribution in [0, 0.1) is 6.92 Å². The number of benzene rings is 1. The first-order chi connectivity index (χ1) is 7.16. The molecule has 0 aliphatic carbocycles. The third-order valence-corrected chi connectivity index (χ3v) is 2.98. The summed E-state index contributed by atoms with van der Waals surface area (Å²) in [6.07, 6.45) is 2.09. The highest BCUT2D eigenvalue weighted by molar-refractivity contribution is 7.98. The van der Waals surface area contributed by atoms with Crippen molar-refractivity contribution in [2.24, 2.45) is 5.73 Å². The summed E-state index contributed by atoms with van der Waals surface area (Å²) in [7, 11) is 0. The molecule has 2 nitrogen and oxygen atoms in total. The average Bonchev–Trinajstić information content (AvgIpc) is 2.20. The Balaban J connectivity index is 2.87. The molecule has 0 atom stereocenters. The molecule has 0 amide bonds. The van der Waals surface area contributed by atoms with E-state index in [0.29, 0.717) is 4.99 Å². The van der Waals surface area contributed by atoms with Gasteiger partial charge in [-0.15, -0.1) is 0 Å². The second-order valence-electron chi connectivity index (χ2n) is 3.28. The fraction of sp³-hybridized carbons (Fsp3) is 0.364. The van der Waals surface area contributed by atoms with Gasteiger partial charge in [0.15, 0.2) is 0 Å². The van der Waals surface area contributed by atoms with Crippen molar-refractivity contribution in [3.8, 4) is 0 Å². The van der Waals surface area contributed by atoms with Crippen LogP contribution in [0.2, 0.25) is 0 Å². The standard InChI is InChI=1S/C11H16N2S2/c1-8-4-3-5-9(11(12)14)10(8)13-6-7-15-2/h3-5,13H,6-7H2,1-2H3,(H2,12,14). The molecule has 0 radical (unpaired) electrons. The number of hydrogen-bond donors (Lipinski definition) is 2. The summed E-state index contributed by atoms with van der Waals surface area (Å²) in [4.78, 5) is 0.449. The fourth-order valence-corrected chi connectivity index (χ4v) is 1.86. The molecule has 1 aromatic rings. The molecule has 0 bridgehead atoms. The summed E-state index contributed by atoms with van der Waals surface area (Å²) < 4.78 is 0. The fourth-order valence-electron chi connectivity index (χ4n) is 1.39. The van der Waals surface area contributed by atoms with Crippen LogP contribution in [0.3, 0.4) is 0 Å². The van der Waals surface area contributed by atoms with Gasteiger partial charge in [-0.25, -0.2) is 0 Å². The molecule has 4 heteroatoms. The zero-order chi connectivity index (χ0) is 11.3. The Morgan fingerprint density at radius 3 is 2.87 bits per heavy atom. The largest absolute Gasteiger partial charge is 0.389 e. The summed E-state index contributed by atoms with van der Waals surface area (Å²) in [5.74, 6) is 1.07. The van der Waals surface area contributed by atoms with E-state index in [1.54, 1.807) is 0 Å². The van der Waals surface area contributed by atoms with Crippen molar-refractivity contribution in [1.82, 2.24) is 0 Å². The van der Waals surface area contributed by atoms with Crippen LogP contribution in [0.1, 0.15) is 11.1 Å². The van der Waals surface area contributed by atoms with Crippen LogP contribution in [0.4, 0.5) is 5.69 Å². The van der Waals surface area contributed by atoms with Crippen molar-refractivity contribution in [3.63, 3.8) is 0 Å². The van der Waals surface area contributed by atoms with Gasteiger partial charge in [-0.2, -0.15) is 11.8 Å². The SMILES string of the molecule is CSCCNc1c(C)cccc1C(N)=S. The lowest BCUT2D eigenvalue weighted by molar-refractivity contribution is 1.21. The molecule has 82 valence electrons. The Bertz CT molecular complexity index is 350. The molecule has 0 aromatic heterocycles. The maximum absolute atomic E-state index is 5.67. The van der Waals surface area contributed by atoms with Gasteiger partial charge in [0.25, 0.3) is 0 Å². The van der Waals surface area contributed by atoms with E-state index in [1.807, 2.05) is 23.9 Å². The van der Waals surface area contributed by atoms with Gasteiger partial charge in [-0.1, -0.05) is 24.4 Å². The minimum atomic E-state index is 0.449. The van der Waals surface area contributed by atoms with E-state index in [2.05, 4.69) is 24.6 Å². The molecule has 0 spiro atoms. The molecular formula is C11H16N2S2. The molecule has 0 aliphatic rings. The van der Waals surface area contributed by atoms with E-state index < -0.39 is 0 Å². The summed E-state index contributed by atoms with van der Waals surface area (Å²) in [6, 6.07) is 5.99. The smallest absolute Gasteiger partial charge is 0.106 e. The molecule has 0 saturated carbocycles. The first-order valence-corrected chi connectivity index (χ1v) is 6.59. The van der Waals surface area contributed by atoms with Crippen LogP contribution in [-0.4, -0.2) is 23.5 Å². The Hall–Kier alpha value is -0.740. The highest BCUT2D eigenvalue weighted by Gasteiger charge is 2.06. The highest BCUT2D eigenvalue weighted by Crippen LogP contribution is 2.20. The van der Waals surface area contributed by atoms with Crippen molar-refractivity contribution >= 4 is 34.7 Å². The minimum Gasteiger partial charge on any atom is -0.389 e. The normalized spacial score (nSPS) is 10.0. The van der Waals surface area contributed by atoms with Gasteiger partial charge in [-0.3, -0.25) is 0 Å². The summed E-state index contributed by atoms with van der Waals surface area (Å²) in [5.41, 5.74) is 8.86. The molecule has 1 aromatic carbocycles. The molecule has 0 saturated heterocycles. The Morgan fingerprint density at radius 1 is 1.53 bits per heavy atom. The third-order valence-electron chi connectivity index (χ3n) is 2.15. The van der Waals surface area contributed by atoms with Crippen LogP contribution in [0.25, 0.3) is 0 Å². The van der Waals surface area contributed by atoms with Crippen LogP contribution < -0.4 is 11.1 Å². The zero-order valence-electron chi connectivity index (χ0n) is 9.04. The summed E-state index contributed by atoms with van der Waals surface area (Å²) in [6.45, 7) is 2.99.